The number of halogens is 3. The Balaban J connectivity index is 2.38. The molecule has 0 aromatic carbocycles. The highest BCUT2D eigenvalue weighted by Crippen LogP contribution is 2.53. The number of fused-ring (bicyclic) bond motifs is 1. The molecule has 0 spiro atoms. The van der Waals surface area contributed by atoms with Crippen LogP contribution in [0.25, 0.3) is 0 Å². The molecule has 2 fully saturated rings. The summed E-state index contributed by atoms with van der Waals surface area (Å²) in [5.41, 5.74) is 0. The number of likely N-dealkylation sites (tertiary alicyclic amines) is 1. The number of alkyl halides is 3. The minimum Gasteiger partial charge on any atom is -0.285 e. The van der Waals surface area contributed by atoms with Crippen molar-refractivity contribution in [3.05, 3.63) is 0 Å². The number of carbonyl (C=O) groups is 2. The topological polar surface area (TPSA) is 37.4 Å². The molecular weight excluding hydrogens is 235 g/mol. The van der Waals surface area contributed by atoms with Gasteiger partial charge in [0, 0.05) is 7.05 Å². The Morgan fingerprint density at radius 3 is 2.24 bits per heavy atom. The van der Waals surface area contributed by atoms with Gasteiger partial charge in [-0.15, -0.1) is 0 Å². The number of hydrogen-bond donors (Lipinski definition) is 0. The zero-order valence-corrected chi connectivity index (χ0v) is 9.62. The van der Waals surface area contributed by atoms with E-state index in [1.165, 1.54) is 7.05 Å². The van der Waals surface area contributed by atoms with E-state index in [-0.39, 0.29) is 12.3 Å². The molecule has 0 radical (unpaired) electrons. The molecule has 2 rings (SSSR count). The summed E-state index contributed by atoms with van der Waals surface area (Å²) < 4.78 is 38.6. The van der Waals surface area contributed by atoms with E-state index >= 15 is 0 Å². The quantitative estimate of drug-likeness (QED) is 0.665. The second-order valence-corrected chi connectivity index (χ2v) is 4.84. The number of amides is 2. The van der Waals surface area contributed by atoms with Gasteiger partial charge in [0.15, 0.2) is 0 Å². The van der Waals surface area contributed by atoms with Crippen LogP contribution in [-0.2, 0) is 9.59 Å². The van der Waals surface area contributed by atoms with Crippen LogP contribution in [0, 0.1) is 23.7 Å². The molecule has 3 unspecified atom stereocenters. The summed E-state index contributed by atoms with van der Waals surface area (Å²) in [7, 11) is 1.27. The number of nitrogens with zero attached hydrogens (tertiary/aromatic N) is 1. The molecule has 6 heteroatoms. The first kappa shape index (κ1) is 12.4. The van der Waals surface area contributed by atoms with Gasteiger partial charge in [-0.1, -0.05) is 13.3 Å². The zero-order chi connectivity index (χ0) is 13.0. The first-order valence-electron chi connectivity index (χ1n) is 5.67. The Morgan fingerprint density at radius 2 is 1.76 bits per heavy atom. The third kappa shape index (κ3) is 1.65. The molecular formula is C11H14F3NO2. The smallest absolute Gasteiger partial charge is 0.285 e. The van der Waals surface area contributed by atoms with Gasteiger partial charge in [-0.05, 0) is 12.3 Å². The van der Waals surface area contributed by atoms with Crippen molar-refractivity contribution in [3.8, 4) is 0 Å². The lowest BCUT2D eigenvalue weighted by Crippen LogP contribution is -2.34. The molecule has 1 aliphatic carbocycles. The highest BCUT2D eigenvalue weighted by molar-refractivity contribution is 6.05. The summed E-state index contributed by atoms with van der Waals surface area (Å²) in [6.45, 7) is 1.76. The van der Waals surface area contributed by atoms with Gasteiger partial charge >= 0.3 is 6.18 Å². The van der Waals surface area contributed by atoms with Crippen LogP contribution < -0.4 is 0 Å². The molecule has 96 valence electrons. The molecule has 4 atom stereocenters. The molecule has 0 bridgehead atoms. The SMILES string of the molecule is CCC1C[C@@H](C(F)(F)F)C2C(=O)N(C)C(=O)C12. The van der Waals surface area contributed by atoms with Crippen molar-refractivity contribution in [1.82, 2.24) is 4.90 Å². The second-order valence-electron chi connectivity index (χ2n) is 4.84. The average molecular weight is 249 g/mol. The molecule has 1 saturated heterocycles. The lowest BCUT2D eigenvalue weighted by Gasteiger charge is -2.20. The van der Waals surface area contributed by atoms with Crippen LogP contribution in [-0.4, -0.2) is 29.9 Å². The fraction of sp³-hybridized carbons (Fsp3) is 0.818. The molecule has 1 heterocycles. The molecule has 2 aliphatic rings. The van der Waals surface area contributed by atoms with Crippen molar-refractivity contribution in [2.24, 2.45) is 23.7 Å². The van der Waals surface area contributed by atoms with Gasteiger partial charge in [-0.25, -0.2) is 0 Å². The summed E-state index contributed by atoms with van der Waals surface area (Å²) >= 11 is 0. The van der Waals surface area contributed by atoms with E-state index in [9.17, 15) is 22.8 Å². The van der Waals surface area contributed by atoms with Crippen molar-refractivity contribution < 1.29 is 22.8 Å². The van der Waals surface area contributed by atoms with Crippen molar-refractivity contribution >= 4 is 11.8 Å². The number of imide groups is 1. The maximum absolute atomic E-state index is 12.9. The van der Waals surface area contributed by atoms with Crippen molar-refractivity contribution in [3.63, 3.8) is 0 Å². The van der Waals surface area contributed by atoms with E-state index < -0.39 is 35.7 Å². The standard InChI is InChI=1S/C11H14F3NO2/c1-3-5-4-6(11(12,13)14)8-7(5)9(16)15(2)10(8)17/h5-8H,3-4H2,1-2H3/t5?,6-,7?,8?/m1/s1. The average Bonchev–Trinajstić information content (AvgIpc) is 2.72. The first-order chi connectivity index (χ1) is 7.79. The van der Waals surface area contributed by atoms with E-state index in [1.54, 1.807) is 6.92 Å². The molecule has 0 N–H and O–H groups in total. The highest BCUT2D eigenvalue weighted by atomic mass is 19.4. The van der Waals surface area contributed by atoms with Gasteiger partial charge in [0.05, 0.1) is 17.8 Å². The first-order valence-corrected chi connectivity index (χ1v) is 5.67. The fourth-order valence-corrected chi connectivity index (χ4v) is 3.16. The number of carbonyl (C=O) groups excluding carboxylic acids is 2. The van der Waals surface area contributed by atoms with E-state index in [0.29, 0.717) is 6.42 Å². The predicted octanol–water partition coefficient (Wildman–Crippen LogP) is 1.83. The summed E-state index contributed by atoms with van der Waals surface area (Å²) in [6.07, 6.45) is -3.99. The molecule has 17 heavy (non-hydrogen) atoms. The number of hydrogen-bond acceptors (Lipinski definition) is 2. The van der Waals surface area contributed by atoms with E-state index in [0.717, 1.165) is 4.90 Å². The maximum atomic E-state index is 12.9. The van der Waals surface area contributed by atoms with Crippen molar-refractivity contribution in [2.45, 2.75) is 25.9 Å². The zero-order valence-electron chi connectivity index (χ0n) is 9.62. The number of rotatable bonds is 1. The van der Waals surface area contributed by atoms with Gasteiger partial charge in [0.25, 0.3) is 0 Å². The van der Waals surface area contributed by atoms with E-state index in [4.69, 9.17) is 0 Å². The third-order valence-corrected chi connectivity index (χ3v) is 4.06. The lowest BCUT2D eigenvalue weighted by molar-refractivity contribution is -0.187. The summed E-state index contributed by atoms with van der Waals surface area (Å²) in [6, 6.07) is 0. The van der Waals surface area contributed by atoms with E-state index in [2.05, 4.69) is 0 Å². The highest BCUT2D eigenvalue weighted by Gasteiger charge is 2.63. The van der Waals surface area contributed by atoms with Gasteiger partial charge in [-0.3, -0.25) is 14.5 Å². The second kappa shape index (κ2) is 3.71. The fourth-order valence-electron chi connectivity index (χ4n) is 3.16. The minimum atomic E-state index is -4.39. The van der Waals surface area contributed by atoms with Gasteiger partial charge in [0.1, 0.15) is 0 Å². The molecule has 2 amide bonds. The molecule has 3 nitrogen and oxygen atoms in total. The van der Waals surface area contributed by atoms with Gasteiger partial charge in [0.2, 0.25) is 11.8 Å². The Kier molecular flexibility index (Phi) is 2.71. The van der Waals surface area contributed by atoms with Crippen molar-refractivity contribution in [1.29, 1.82) is 0 Å². The molecule has 0 aromatic rings. The molecule has 1 saturated carbocycles. The Labute approximate surface area is 97.0 Å². The molecule has 0 aromatic heterocycles. The Bertz CT molecular complexity index is 366. The van der Waals surface area contributed by atoms with Crippen LogP contribution in [0.4, 0.5) is 13.2 Å². The van der Waals surface area contributed by atoms with Crippen LogP contribution in [0.5, 0.6) is 0 Å². The lowest BCUT2D eigenvalue weighted by atomic mass is 9.88. The normalized spacial score (nSPS) is 37.8. The van der Waals surface area contributed by atoms with Crippen LogP contribution in [0.1, 0.15) is 19.8 Å². The van der Waals surface area contributed by atoms with Gasteiger partial charge < -0.3 is 0 Å². The maximum Gasteiger partial charge on any atom is 0.392 e. The van der Waals surface area contributed by atoms with Crippen LogP contribution in [0.3, 0.4) is 0 Å². The van der Waals surface area contributed by atoms with Crippen LogP contribution >= 0.6 is 0 Å². The Hall–Kier alpha value is -1.07. The minimum absolute atomic E-state index is 0.0966. The Morgan fingerprint density at radius 1 is 1.24 bits per heavy atom. The largest absolute Gasteiger partial charge is 0.392 e. The van der Waals surface area contributed by atoms with Crippen molar-refractivity contribution in [2.75, 3.05) is 7.05 Å². The predicted molar refractivity (Wildman–Crippen MR) is 52.7 cm³/mol. The van der Waals surface area contributed by atoms with Gasteiger partial charge in [-0.2, -0.15) is 13.2 Å². The third-order valence-electron chi connectivity index (χ3n) is 4.06. The van der Waals surface area contributed by atoms with Crippen LogP contribution in [0.15, 0.2) is 0 Å². The summed E-state index contributed by atoms with van der Waals surface area (Å²) in [4.78, 5) is 24.4. The van der Waals surface area contributed by atoms with Crippen LogP contribution in [0.2, 0.25) is 0 Å². The summed E-state index contributed by atoms with van der Waals surface area (Å²) in [5, 5.41) is 0. The monoisotopic (exact) mass is 249 g/mol. The molecule has 1 aliphatic heterocycles. The van der Waals surface area contributed by atoms with E-state index in [1.807, 2.05) is 0 Å². The summed E-state index contributed by atoms with van der Waals surface area (Å²) in [5.74, 6) is -5.04.